The van der Waals surface area contributed by atoms with Crippen molar-refractivity contribution in [1.29, 1.82) is 0 Å². The van der Waals surface area contributed by atoms with E-state index in [0.717, 1.165) is 0 Å². The van der Waals surface area contributed by atoms with Crippen molar-refractivity contribution >= 4 is 10.1 Å². The molecule has 0 heterocycles. The summed E-state index contributed by atoms with van der Waals surface area (Å²) in [4.78, 5) is -1.27. The molecule has 0 aromatic heterocycles. The van der Waals surface area contributed by atoms with Crippen molar-refractivity contribution in [2.75, 3.05) is 0 Å². The number of hydrogen-bond donors (Lipinski definition) is 0. The molecule has 0 radical (unpaired) electrons. The normalized spacial score (nSPS) is 15.5. The van der Waals surface area contributed by atoms with E-state index in [-0.39, 0.29) is 75.7 Å². The number of hydrogen-bond acceptors (Lipinski definition) is 4. The van der Waals surface area contributed by atoms with Gasteiger partial charge in [0, 0.05) is 0 Å². The number of benzene rings is 1. The molecule has 23 heteroatoms. The van der Waals surface area contributed by atoms with E-state index < -0.39 is 74.3 Å². The Morgan fingerprint density at radius 2 is 1.00 bits per heavy atom. The summed E-state index contributed by atoms with van der Waals surface area (Å²) in [5.41, 5.74) is 0. The Bertz CT molecular complexity index is 1140. The summed E-state index contributed by atoms with van der Waals surface area (Å²) in [6, 6.07) is -0.208. The second-order valence-electron chi connectivity index (χ2n) is 6.54. The molecule has 1 aromatic carbocycles. The summed E-state index contributed by atoms with van der Waals surface area (Å²) in [5, 5.41) is 0. The van der Waals surface area contributed by atoms with Crippen LogP contribution in [0.3, 0.4) is 0 Å². The predicted octanol–water partition coefficient (Wildman–Crippen LogP) is 3.46. The first-order chi connectivity index (χ1) is 16.0. The Hall–Kier alpha value is -0.884. The Morgan fingerprint density at radius 3 is 1.34 bits per heavy atom. The van der Waals surface area contributed by atoms with Gasteiger partial charge in [-0.1, -0.05) is 0 Å². The van der Waals surface area contributed by atoms with Gasteiger partial charge in [0.15, 0.2) is 0 Å². The van der Waals surface area contributed by atoms with Crippen molar-refractivity contribution in [1.82, 2.24) is 0 Å². The van der Waals surface area contributed by atoms with Crippen LogP contribution in [0.4, 0.5) is 74.6 Å². The van der Waals surface area contributed by atoms with Crippen LogP contribution in [0.15, 0.2) is 40.8 Å². The summed E-state index contributed by atoms with van der Waals surface area (Å²) in [6.07, 6.45) is -14.4. The first-order valence-corrected chi connectivity index (χ1v) is 9.55. The number of allylic oxidation sites excluding steroid dienone is 2. The van der Waals surface area contributed by atoms with Crippen molar-refractivity contribution < 1.29 is 144 Å². The fraction of sp³-hybridized carbons (Fsp3) is 0.467. The summed E-state index contributed by atoms with van der Waals surface area (Å²) < 4.78 is 258. The Balaban J connectivity index is 0.0000137. The van der Waals surface area contributed by atoms with Crippen LogP contribution >= 0.6 is 0 Å². The molecule has 0 N–H and O–H groups in total. The maximum atomic E-state index is 13.7. The average molecular weight is 642 g/mol. The van der Waals surface area contributed by atoms with Gasteiger partial charge in [0.25, 0.3) is 0 Å². The maximum absolute atomic E-state index is 13.7. The van der Waals surface area contributed by atoms with Gasteiger partial charge in [0.05, 0.1) is 4.90 Å². The van der Waals surface area contributed by atoms with Gasteiger partial charge in [-0.05, 0) is 24.3 Å². The summed E-state index contributed by atoms with van der Waals surface area (Å²) in [6.45, 7) is 0. The minimum Gasteiger partial charge on any atom is -0.744 e. The molecule has 0 aliphatic heterocycles. The van der Waals surface area contributed by atoms with Gasteiger partial charge in [-0.25, -0.2) is 17.2 Å². The molecule has 0 unspecified atom stereocenters. The quantitative estimate of drug-likeness (QED) is 0.235. The van der Waals surface area contributed by atoms with E-state index in [0.29, 0.717) is 0 Å². The molecule has 0 spiro atoms. The van der Waals surface area contributed by atoms with Crippen LogP contribution in [-0.2, 0) is 10.1 Å². The molecule has 0 atom stereocenters. The molecule has 0 saturated heterocycles. The van der Waals surface area contributed by atoms with E-state index in [2.05, 4.69) is 4.74 Å². The van der Waals surface area contributed by atoms with E-state index in [9.17, 15) is 87.6 Å². The van der Waals surface area contributed by atoms with E-state index >= 15 is 0 Å². The van der Waals surface area contributed by atoms with Gasteiger partial charge in [-0.2, -0.15) is 65.9 Å². The molecule has 0 amide bonds. The summed E-state index contributed by atoms with van der Waals surface area (Å²) in [7, 11) is -5.32. The second-order valence-corrected chi connectivity index (χ2v) is 7.92. The molecule has 0 aliphatic rings. The van der Waals surface area contributed by atoms with Crippen molar-refractivity contribution in [2.24, 2.45) is 0 Å². The third-order valence-electron chi connectivity index (χ3n) is 4.01. The minimum absolute atomic E-state index is 0. The average Bonchev–Trinajstić information content (AvgIpc) is 2.70. The number of halogens is 17. The van der Waals surface area contributed by atoms with Crippen molar-refractivity contribution in [3.8, 4) is 5.75 Å². The molecule has 214 valence electrons. The van der Waals surface area contributed by atoms with Crippen molar-refractivity contribution in [2.45, 2.75) is 46.8 Å². The predicted molar refractivity (Wildman–Crippen MR) is 80.0 cm³/mol. The number of ether oxygens (including phenoxy) is 1. The zero-order valence-electron chi connectivity index (χ0n) is 17.3. The zero-order chi connectivity index (χ0) is 29.8. The van der Waals surface area contributed by atoms with Crippen molar-refractivity contribution in [3.05, 3.63) is 35.9 Å². The zero-order valence-corrected chi connectivity index (χ0v) is 21.2. The Morgan fingerprint density at radius 1 is 0.632 bits per heavy atom. The Kier molecular flexibility index (Phi) is 10.6. The molecule has 0 saturated carbocycles. The Labute approximate surface area is 241 Å². The third kappa shape index (κ3) is 6.21. The molecule has 1 aromatic rings. The smallest absolute Gasteiger partial charge is 0.744 e. The first kappa shape index (κ1) is 37.1. The topological polar surface area (TPSA) is 66.4 Å². The fourth-order valence-electron chi connectivity index (χ4n) is 2.00. The molecule has 0 bridgehead atoms. The van der Waals surface area contributed by atoms with E-state index in [1.807, 2.05) is 0 Å². The van der Waals surface area contributed by atoms with Gasteiger partial charge in [0.2, 0.25) is 11.7 Å². The van der Waals surface area contributed by atoms with Crippen LogP contribution in [-0.4, -0.2) is 54.9 Å². The van der Waals surface area contributed by atoms with Crippen LogP contribution in [0.2, 0.25) is 0 Å². The largest absolute Gasteiger partial charge is 1.00 e. The summed E-state index contributed by atoms with van der Waals surface area (Å²) in [5.74, 6) is -52.4. The monoisotopic (exact) mass is 642 g/mol. The van der Waals surface area contributed by atoms with Crippen LogP contribution in [0.5, 0.6) is 5.75 Å². The standard InChI is InChI=1S/C15H5F17O4S.K/c16-7(8(17)10(20,21)14(28,29)30)9(18,19)11(22,23)12(24,25)13(26,27)15(31,32)36-5-1-3-6(4-2-5)37(33,34)35;/h1-4H,(H,33,34,35);/q;+1/p-1/b8-7+;. The van der Waals surface area contributed by atoms with Crippen LogP contribution in [0.25, 0.3) is 0 Å². The fourth-order valence-corrected chi connectivity index (χ4v) is 2.47. The molecule has 0 aliphatic carbocycles. The van der Waals surface area contributed by atoms with Gasteiger partial charge < -0.3 is 9.29 Å². The minimum atomic E-state index is -8.36. The number of rotatable bonds is 9. The van der Waals surface area contributed by atoms with Gasteiger partial charge in [-0.15, -0.1) is 0 Å². The maximum Gasteiger partial charge on any atom is 1.00 e. The molecule has 0 fully saturated rings. The van der Waals surface area contributed by atoms with Gasteiger partial charge >= 0.3 is 93.3 Å². The molecule has 4 nitrogen and oxygen atoms in total. The van der Waals surface area contributed by atoms with Gasteiger partial charge in [-0.3, -0.25) is 0 Å². The SMILES string of the molecule is O=S(=O)([O-])c1ccc(OC(F)(F)C(F)(F)C(F)(F)C(F)(F)C(F)(F)/C(F)=C(\F)C(F)(F)C(F)(F)F)cc1.[K+]. The van der Waals surface area contributed by atoms with Crippen molar-refractivity contribution in [3.63, 3.8) is 0 Å². The van der Waals surface area contributed by atoms with Gasteiger partial charge in [0.1, 0.15) is 15.9 Å². The third-order valence-corrected chi connectivity index (χ3v) is 4.86. The van der Waals surface area contributed by atoms with E-state index in [4.69, 9.17) is 0 Å². The molecular weight excluding hydrogens is 638 g/mol. The molecule has 1 rings (SSSR count). The van der Waals surface area contributed by atoms with E-state index in [1.54, 1.807) is 0 Å². The second kappa shape index (κ2) is 10.8. The van der Waals surface area contributed by atoms with Crippen LogP contribution in [0.1, 0.15) is 0 Å². The van der Waals surface area contributed by atoms with Crippen LogP contribution in [0, 0.1) is 0 Å². The van der Waals surface area contributed by atoms with E-state index in [1.165, 1.54) is 0 Å². The first-order valence-electron chi connectivity index (χ1n) is 8.15. The number of alkyl halides is 15. The molecule has 38 heavy (non-hydrogen) atoms. The van der Waals surface area contributed by atoms with Crippen LogP contribution < -0.4 is 56.1 Å². The molecular formula is C15H4F17KO4S. The summed E-state index contributed by atoms with van der Waals surface area (Å²) >= 11 is 0.